The number of ether oxygens (including phenoxy) is 1. The molecule has 0 aromatic carbocycles. The van der Waals surface area contributed by atoms with Gasteiger partial charge in [-0.05, 0) is 13.8 Å². The van der Waals surface area contributed by atoms with E-state index in [-0.39, 0.29) is 24.9 Å². The zero-order chi connectivity index (χ0) is 9.78. The van der Waals surface area contributed by atoms with Crippen molar-refractivity contribution in [2.75, 3.05) is 0 Å². The van der Waals surface area contributed by atoms with Crippen molar-refractivity contribution in [3.05, 3.63) is 0 Å². The van der Waals surface area contributed by atoms with Crippen molar-refractivity contribution in [3.8, 4) is 0 Å². The number of hydrogen-bond donors (Lipinski definition) is 0. The Morgan fingerprint density at radius 3 is 2.25 bits per heavy atom. The Hall–Kier alpha value is 0.340. The van der Waals surface area contributed by atoms with Crippen LogP contribution in [0.15, 0.2) is 0 Å². The zero-order valence-corrected chi connectivity index (χ0v) is 9.21. The quantitative estimate of drug-likeness (QED) is 0.553. The molecule has 2 nitrogen and oxygen atoms in total. The van der Waals surface area contributed by atoms with E-state index in [1.807, 2.05) is 0 Å². The molecule has 0 amide bonds. The number of hydrogen-bond acceptors (Lipinski definition) is 2. The smallest absolute Gasteiger partial charge is 0.306 e. The highest BCUT2D eigenvalue weighted by molar-refractivity contribution is 6.67. The van der Waals surface area contributed by atoms with Gasteiger partial charge in [-0.1, -0.05) is 34.8 Å². The highest BCUT2D eigenvalue weighted by atomic mass is 35.6. The van der Waals surface area contributed by atoms with E-state index in [0.717, 1.165) is 0 Å². The summed E-state index contributed by atoms with van der Waals surface area (Å²) in [5, 5.41) is 0. The fraction of sp³-hybridized carbons (Fsp3) is 0.857. The van der Waals surface area contributed by atoms with E-state index in [9.17, 15) is 4.79 Å². The topological polar surface area (TPSA) is 26.3 Å². The minimum absolute atomic E-state index is 0.118. The second-order valence-electron chi connectivity index (χ2n) is 2.65. The monoisotopic (exact) mass is 232 g/mol. The molecule has 0 fully saturated rings. The maximum Gasteiger partial charge on any atom is 0.306 e. The van der Waals surface area contributed by atoms with Gasteiger partial charge >= 0.3 is 5.97 Å². The third-order valence-electron chi connectivity index (χ3n) is 0.980. The SMILES string of the molecule is CC(C)OC(=O)CCC(Cl)(Cl)Cl. The summed E-state index contributed by atoms with van der Waals surface area (Å²) in [5.41, 5.74) is 0. The van der Waals surface area contributed by atoms with Crippen molar-refractivity contribution in [1.29, 1.82) is 0 Å². The second-order valence-corrected chi connectivity index (χ2v) is 5.17. The molecule has 0 saturated heterocycles. The predicted octanol–water partition coefficient (Wildman–Crippen LogP) is 3.09. The molecule has 0 aliphatic carbocycles. The number of alkyl halides is 3. The molecule has 0 bridgehead atoms. The van der Waals surface area contributed by atoms with E-state index in [4.69, 9.17) is 39.5 Å². The first-order valence-corrected chi connectivity index (χ1v) is 4.71. The van der Waals surface area contributed by atoms with Crippen LogP contribution in [-0.2, 0) is 9.53 Å². The van der Waals surface area contributed by atoms with Crippen LogP contribution < -0.4 is 0 Å². The summed E-state index contributed by atoms with van der Waals surface area (Å²) in [5.74, 6) is -0.337. The molecule has 0 N–H and O–H groups in total. The highest BCUT2D eigenvalue weighted by Crippen LogP contribution is 2.31. The molecule has 0 unspecified atom stereocenters. The molecule has 0 rings (SSSR count). The van der Waals surface area contributed by atoms with Crippen LogP contribution in [0.1, 0.15) is 26.7 Å². The molecule has 0 atom stereocenters. The molecule has 0 aliphatic rings. The van der Waals surface area contributed by atoms with Gasteiger partial charge in [0.2, 0.25) is 0 Å². The van der Waals surface area contributed by atoms with Gasteiger partial charge in [0.15, 0.2) is 3.79 Å². The van der Waals surface area contributed by atoms with Gasteiger partial charge in [-0.2, -0.15) is 0 Å². The molecule has 0 radical (unpaired) electrons. The zero-order valence-electron chi connectivity index (χ0n) is 6.94. The summed E-state index contributed by atoms with van der Waals surface area (Å²) in [6, 6.07) is 0. The van der Waals surface area contributed by atoms with Crippen LogP contribution >= 0.6 is 34.8 Å². The summed E-state index contributed by atoms with van der Waals surface area (Å²) in [6.45, 7) is 3.54. The minimum atomic E-state index is -1.37. The van der Waals surface area contributed by atoms with Crippen molar-refractivity contribution in [2.24, 2.45) is 0 Å². The Morgan fingerprint density at radius 1 is 1.42 bits per heavy atom. The first kappa shape index (κ1) is 12.3. The minimum Gasteiger partial charge on any atom is -0.463 e. The first-order valence-electron chi connectivity index (χ1n) is 3.57. The lowest BCUT2D eigenvalue weighted by Crippen LogP contribution is -2.14. The first-order chi connectivity index (χ1) is 5.31. The standard InChI is InChI=1S/C7H11Cl3O2/c1-5(2)12-6(11)3-4-7(8,9)10/h5H,3-4H2,1-2H3. The summed E-state index contributed by atoms with van der Waals surface area (Å²) in [4.78, 5) is 10.9. The van der Waals surface area contributed by atoms with Crippen LogP contribution in [0.2, 0.25) is 0 Å². The van der Waals surface area contributed by atoms with Gasteiger partial charge in [0.1, 0.15) is 0 Å². The van der Waals surface area contributed by atoms with Gasteiger partial charge in [-0.15, -0.1) is 0 Å². The number of carbonyl (C=O) groups excluding carboxylic acids is 1. The normalized spacial score (nSPS) is 11.8. The van der Waals surface area contributed by atoms with Crippen molar-refractivity contribution < 1.29 is 9.53 Å². The van der Waals surface area contributed by atoms with E-state index in [0.29, 0.717) is 0 Å². The third-order valence-corrected chi connectivity index (χ3v) is 1.55. The molecule has 72 valence electrons. The molecule has 0 aliphatic heterocycles. The molecular formula is C7H11Cl3O2. The Balaban J connectivity index is 3.58. The predicted molar refractivity (Wildman–Crippen MR) is 50.8 cm³/mol. The van der Waals surface area contributed by atoms with Crippen molar-refractivity contribution >= 4 is 40.8 Å². The lowest BCUT2D eigenvalue weighted by atomic mass is 10.3. The van der Waals surface area contributed by atoms with Gasteiger partial charge in [0, 0.05) is 12.8 Å². The van der Waals surface area contributed by atoms with Crippen LogP contribution in [0.5, 0.6) is 0 Å². The van der Waals surface area contributed by atoms with E-state index >= 15 is 0 Å². The van der Waals surface area contributed by atoms with Crippen LogP contribution in [0, 0.1) is 0 Å². The summed E-state index contributed by atoms with van der Waals surface area (Å²) in [6.07, 6.45) is 0.200. The fourth-order valence-electron chi connectivity index (χ4n) is 0.566. The maximum absolute atomic E-state index is 10.9. The average Bonchev–Trinajstić information content (AvgIpc) is 1.80. The Kier molecular flexibility index (Phi) is 5.30. The average molecular weight is 234 g/mol. The lowest BCUT2D eigenvalue weighted by molar-refractivity contribution is -0.147. The molecule has 0 saturated carbocycles. The van der Waals surface area contributed by atoms with Gasteiger partial charge < -0.3 is 4.74 Å². The van der Waals surface area contributed by atoms with Crippen LogP contribution in [-0.4, -0.2) is 15.9 Å². The molecule has 0 aromatic rings. The molecular weight excluding hydrogens is 222 g/mol. The highest BCUT2D eigenvalue weighted by Gasteiger charge is 2.21. The lowest BCUT2D eigenvalue weighted by Gasteiger charge is -2.11. The summed E-state index contributed by atoms with van der Waals surface area (Å²) >= 11 is 16.3. The Bertz CT molecular complexity index is 151. The van der Waals surface area contributed by atoms with Gasteiger partial charge in [-0.3, -0.25) is 4.79 Å². The number of carbonyl (C=O) groups is 1. The number of rotatable bonds is 3. The Morgan fingerprint density at radius 2 is 1.92 bits per heavy atom. The number of halogens is 3. The maximum atomic E-state index is 10.9. The van der Waals surface area contributed by atoms with E-state index in [2.05, 4.69) is 0 Å². The largest absolute Gasteiger partial charge is 0.463 e. The van der Waals surface area contributed by atoms with Gasteiger partial charge in [0.25, 0.3) is 0 Å². The summed E-state index contributed by atoms with van der Waals surface area (Å²) in [7, 11) is 0. The van der Waals surface area contributed by atoms with E-state index in [1.54, 1.807) is 13.8 Å². The van der Waals surface area contributed by atoms with Crippen molar-refractivity contribution in [1.82, 2.24) is 0 Å². The fourth-order valence-corrected chi connectivity index (χ4v) is 0.849. The van der Waals surface area contributed by atoms with Gasteiger partial charge in [0.05, 0.1) is 6.10 Å². The molecule has 0 heterocycles. The van der Waals surface area contributed by atoms with E-state index in [1.165, 1.54) is 0 Å². The molecule has 5 heteroatoms. The Labute approximate surface area is 87.1 Å². The van der Waals surface area contributed by atoms with E-state index < -0.39 is 3.79 Å². The van der Waals surface area contributed by atoms with Crippen LogP contribution in [0.4, 0.5) is 0 Å². The van der Waals surface area contributed by atoms with Crippen molar-refractivity contribution in [2.45, 2.75) is 36.6 Å². The summed E-state index contributed by atoms with van der Waals surface area (Å²) < 4.78 is 3.47. The molecule has 0 aromatic heterocycles. The second kappa shape index (κ2) is 5.15. The molecule has 0 spiro atoms. The van der Waals surface area contributed by atoms with Crippen LogP contribution in [0.25, 0.3) is 0 Å². The molecule has 12 heavy (non-hydrogen) atoms. The van der Waals surface area contributed by atoms with Crippen LogP contribution in [0.3, 0.4) is 0 Å². The van der Waals surface area contributed by atoms with Crippen molar-refractivity contribution in [3.63, 3.8) is 0 Å². The number of esters is 1. The third kappa shape index (κ3) is 8.44. The van der Waals surface area contributed by atoms with Gasteiger partial charge in [-0.25, -0.2) is 0 Å².